The van der Waals surface area contributed by atoms with Gasteiger partial charge in [-0.3, -0.25) is 0 Å². The molecule has 1 aliphatic rings. The van der Waals surface area contributed by atoms with Crippen LogP contribution < -0.4 is 4.74 Å². The van der Waals surface area contributed by atoms with Crippen LogP contribution in [-0.2, 0) is 33.3 Å². The quantitative estimate of drug-likeness (QED) is 0.0712. The molecule has 0 aromatic heterocycles. The van der Waals surface area contributed by atoms with Crippen molar-refractivity contribution in [3.63, 3.8) is 0 Å². The largest absolute Gasteiger partial charge is 0.494 e. The lowest BCUT2D eigenvalue weighted by Crippen LogP contribution is -2.28. The smallest absolute Gasteiger partial charge is 0.331 e. The van der Waals surface area contributed by atoms with E-state index in [2.05, 4.69) is 13.2 Å². The molecule has 226 valence electrons. The molecular weight excluding hydrogens is 524 g/mol. The number of carbonyl (C=O) groups is 3. The lowest BCUT2D eigenvalue weighted by molar-refractivity contribution is -0.146. The number of unbranched alkanes of at least 4 members (excludes halogenated alkanes) is 6. The van der Waals surface area contributed by atoms with Crippen molar-refractivity contribution in [3.8, 4) is 5.75 Å². The Morgan fingerprint density at radius 1 is 0.659 bits per heavy atom. The maximum Gasteiger partial charge on any atom is 0.331 e. The first-order valence-corrected chi connectivity index (χ1v) is 14.8. The molecule has 0 aliphatic heterocycles. The molecule has 1 fully saturated rings. The number of ether oxygens (including phenoxy) is 5. The predicted octanol–water partition coefficient (Wildman–Crippen LogP) is 6.53. The summed E-state index contributed by atoms with van der Waals surface area (Å²) in [5, 5.41) is 0. The summed E-state index contributed by atoms with van der Waals surface area (Å²) < 4.78 is 27.3. The number of hydrogen-bond acceptors (Lipinski definition) is 8. The first-order chi connectivity index (χ1) is 20.0. The fourth-order valence-electron chi connectivity index (χ4n) is 4.38. The monoisotopic (exact) mass is 570 g/mol. The Hall–Kier alpha value is -3.39. The van der Waals surface area contributed by atoms with Crippen molar-refractivity contribution < 1.29 is 38.1 Å². The topological polar surface area (TPSA) is 97.4 Å². The van der Waals surface area contributed by atoms with Gasteiger partial charge in [-0.05, 0) is 94.4 Å². The third kappa shape index (κ3) is 16.5. The van der Waals surface area contributed by atoms with Crippen molar-refractivity contribution >= 4 is 24.0 Å². The van der Waals surface area contributed by atoms with Crippen LogP contribution >= 0.6 is 0 Å². The summed E-state index contributed by atoms with van der Waals surface area (Å²) in [6.45, 7) is 8.95. The van der Waals surface area contributed by atoms with Crippen molar-refractivity contribution in [3.05, 3.63) is 61.2 Å². The number of benzene rings is 1. The van der Waals surface area contributed by atoms with Crippen LogP contribution in [0, 0.1) is 0 Å². The Labute approximate surface area is 244 Å². The maximum absolute atomic E-state index is 12.3. The van der Waals surface area contributed by atoms with Crippen LogP contribution in [0.4, 0.5) is 0 Å². The number of rotatable bonds is 21. The average Bonchev–Trinajstić information content (AvgIpc) is 2.99. The second-order valence-electron chi connectivity index (χ2n) is 10.0. The molecule has 0 N–H and O–H groups in total. The highest BCUT2D eigenvalue weighted by molar-refractivity contribution is 5.87. The van der Waals surface area contributed by atoms with E-state index in [0.717, 1.165) is 95.0 Å². The Kier molecular flexibility index (Phi) is 17.6. The van der Waals surface area contributed by atoms with E-state index < -0.39 is 0 Å². The Morgan fingerprint density at radius 2 is 1.17 bits per heavy atom. The summed E-state index contributed by atoms with van der Waals surface area (Å²) in [5.74, 6) is -0.288. The summed E-state index contributed by atoms with van der Waals surface area (Å²) in [5.41, 5.74) is 0.901. The molecule has 2 rings (SSSR count). The second-order valence-corrected chi connectivity index (χ2v) is 10.0. The maximum atomic E-state index is 12.3. The zero-order valence-corrected chi connectivity index (χ0v) is 24.3. The molecule has 0 atom stereocenters. The third-order valence-electron chi connectivity index (χ3n) is 6.72. The molecule has 0 saturated heterocycles. The van der Waals surface area contributed by atoms with Crippen molar-refractivity contribution in [1.29, 1.82) is 0 Å². The van der Waals surface area contributed by atoms with Gasteiger partial charge in [-0.1, -0.05) is 31.7 Å². The van der Waals surface area contributed by atoms with Crippen molar-refractivity contribution in [2.24, 2.45) is 0 Å². The molecule has 0 amide bonds. The number of carbonyl (C=O) groups excluding carboxylic acids is 3. The minimum atomic E-state index is -0.379. The van der Waals surface area contributed by atoms with E-state index in [9.17, 15) is 14.4 Å². The fraction of sp³-hybridized carbons (Fsp3) is 0.545. The molecule has 1 aromatic rings. The Morgan fingerprint density at radius 3 is 1.73 bits per heavy atom. The molecule has 1 aliphatic carbocycles. The third-order valence-corrected chi connectivity index (χ3v) is 6.72. The number of esters is 3. The summed E-state index contributed by atoms with van der Waals surface area (Å²) >= 11 is 0. The molecule has 0 unspecified atom stereocenters. The van der Waals surface area contributed by atoms with Gasteiger partial charge >= 0.3 is 17.9 Å². The molecule has 0 spiro atoms. The van der Waals surface area contributed by atoms with Crippen LogP contribution in [0.1, 0.15) is 82.6 Å². The van der Waals surface area contributed by atoms with Gasteiger partial charge in [-0.25, -0.2) is 14.4 Å². The van der Waals surface area contributed by atoms with Gasteiger partial charge in [0, 0.05) is 24.8 Å². The van der Waals surface area contributed by atoms with Crippen molar-refractivity contribution in [2.45, 2.75) is 89.3 Å². The van der Waals surface area contributed by atoms with E-state index in [1.807, 2.05) is 24.3 Å². The lowest BCUT2D eigenvalue weighted by atomic mass is 9.95. The van der Waals surface area contributed by atoms with Crippen LogP contribution in [-0.4, -0.2) is 56.5 Å². The lowest BCUT2D eigenvalue weighted by Gasteiger charge is -2.28. The molecule has 1 saturated carbocycles. The minimum Gasteiger partial charge on any atom is -0.494 e. The zero-order valence-electron chi connectivity index (χ0n) is 24.3. The van der Waals surface area contributed by atoms with Gasteiger partial charge in [0.15, 0.2) is 0 Å². The highest BCUT2D eigenvalue weighted by Crippen LogP contribution is 2.24. The second kappa shape index (κ2) is 21.4. The number of hydrogen-bond donors (Lipinski definition) is 0. The van der Waals surface area contributed by atoms with Crippen molar-refractivity contribution in [1.82, 2.24) is 0 Å². The van der Waals surface area contributed by atoms with Gasteiger partial charge < -0.3 is 23.7 Å². The summed E-state index contributed by atoms with van der Waals surface area (Å²) in [6, 6.07) is 7.60. The Bertz CT molecular complexity index is 944. The standard InChI is InChI=1S/C33H46O8/c1-3-31(34)39-25-11-7-5-9-23-37-28-16-13-27(14-17-28)15-22-33(36)41-30-20-18-29(19-21-30)38-24-10-6-8-12-26-40-32(35)4-2/h3-4,13-17,22,29-30H,1-2,5-12,18-21,23-26H2/b22-15+. The van der Waals surface area contributed by atoms with Gasteiger partial charge in [0.05, 0.1) is 25.9 Å². The molecule has 8 heteroatoms. The zero-order chi connectivity index (χ0) is 29.5. The van der Waals surface area contributed by atoms with E-state index >= 15 is 0 Å². The minimum absolute atomic E-state index is 0.0665. The normalized spacial score (nSPS) is 16.6. The molecule has 1 aromatic carbocycles. The fourth-order valence-corrected chi connectivity index (χ4v) is 4.38. The van der Waals surface area contributed by atoms with Gasteiger partial charge in [0.2, 0.25) is 0 Å². The van der Waals surface area contributed by atoms with Crippen LogP contribution in [0.25, 0.3) is 6.08 Å². The first-order valence-electron chi connectivity index (χ1n) is 14.8. The van der Waals surface area contributed by atoms with E-state index in [1.165, 1.54) is 18.2 Å². The van der Waals surface area contributed by atoms with E-state index in [-0.39, 0.29) is 30.1 Å². The SMILES string of the molecule is C=CC(=O)OCCCCCCOc1ccc(/C=C/C(=O)OC2CCC(OCCCCCCOC(=O)C=C)CC2)cc1. The van der Waals surface area contributed by atoms with E-state index in [1.54, 1.807) is 6.08 Å². The predicted molar refractivity (Wildman–Crippen MR) is 158 cm³/mol. The first kappa shape index (κ1) is 33.8. The van der Waals surface area contributed by atoms with Crippen LogP contribution in [0.5, 0.6) is 5.75 Å². The highest BCUT2D eigenvalue weighted by Gasteiger charge is 2.23. The van der Waals surface area contributed by atoms with Crippen LogP contribution in [0.3, 0.4) is 0 Å². The van der Waals surface area contributed by atoms with Crippen LogP contribution in [0.2, 0.25) is 0 Å². The molecule has 0 bridgehead atoms. The van der Waals surface area contributed by atoms with Crippen molar-refractivity contribution in [2.75, 3.05) is 26.4 Å². The molecule has 41 heavy (non-hydrogen) atoms. The molecular formula is C33H46O8. The summed E-state index contributed by atoms with van der Waals surface area (Å²) in [6.07, 6.45) is 16.8. The van der Waals surface area contributed by atoms with Gasteiger partial charge in [-0.2, -0.15) is 0 Å². The van der Waals surface area contributed by atoms with E-state index in [4.69, 9.17) is 23.7 Å². The molecule has 0 heterocycles. The summed E-state index contributed by atoms with van der Waals surface area (Å²) in [7, 11) is 0. The highest BCUT2D eigenvalue weighted by atomic mass is 16.5. The van der Waals surface area contributed by atoms with Crippen LogP contribution in [0.15, 0.2) is 55.7 Å². The van der Waals surface area contributed by atoms with E-state index in [0.29, 0.717) is 19.8 Å². The Balaban J connectivity index is 1.50. The molecule has 0 radical (unpaired) electrons. The average molecular weight is 571 g/mol. The summed E-state index contributed by atoms with van der Waals surface area (Å²) in [4.78, 5) is 34.2. The van der Waals surface area contributed by atoms with Gasteiger partial charge in [0.25, 0.3) is 0 Å². The van der Waals surface area contributed by atoms with Gasteiger partial charge in [-0.15, -0.1) is 0 Å². The van der Waals surface area contributed by atoms with Gasteiger partial charge in [0.1, 0.15) is 11.9 Å². The molecule has 8 nitrogen and oxygen atoms in total.